The average molecular weight is 290 g/mol. The molecule has 1 aromatic heterocycles. The second-order valence-electron chi connectivity index (χ2n) is 5.18. The van der Waals surface area contributed by atoms with E-state index in [9.17, 15) is 0 Å². The molecule has 4 nitrogen and oxygen atoms in total. The number of nitrogens with zero attached hydrogens (tertiary/aromatic N) is 1. The molecule has 0 saturated carbocycles. The van der Waals surface area contributed by atoms with Crippen molar-refractivity contribution in [3.05, 3.63) is 36.1 Å². The fourth-order valence-electron chi connectivity index (χ4n) is 2.53. The van der Waals surface area contributed by atoms with E-state index in [4.69, 9.17) is 9.15 Å². The van der Waals surface area contributed by atoms with Gasteiger partial charge >= 0.3 is 0 Å². The Hall–Kier alpha value is -1.36. The minimum absolute atomic E-state index is 0.208. The van der Waals surface area contributed by atoms with Crippen molar-refractivity contribution < 1.29 is 9.15 Å². The molecule has 1 heterocycles. The zero-order valence-electron chi connectivity index (χ0n) is 13.3. The molecule has 1 unspecified atom stereocenters. The summed E-state index contributed by atoms with van der Waals surface area (Å²) >= 11 is 0. The number of benzene rings is 1. The summed E-state index contributed by atoms with van der Waals surface area (Å²) in [6.45, 7) is 8.85. The van der Waals surface area contributed by atoms with Crippen LogP contribution in [0.1, 0.15) is 25.6 Å². The highest BCUT2D eigenvalue weighted by atomic mass is 16.5. The summed E-state index contributed by atoms with van der Waals surface area (Å²) in [5.41, 5.74) is 0.954. The smallest absolute Gasteiger partial charge is 0.134 e. The SMILES string of the molecule is CCNC(CN(CC)CCOC)c1cc2ccccc2o1. The Morgan fingerprint density at radius 1 is 1.29 bits per heavy atom. The lowest BCUT2D eigenvalue weighted by molar-refractivity contribution is 0.142. The predicted molar refractivity (Wildman–Crippen MR) is 86.6 cm³/mol. The van der Waals surface area contributed by atoms with Gasteiger partial charge in [0.05, 0.1) is 12.6 Å². The lowest BCUT2D eigenvalue weighted by Crippen LogP contribution is -2.36. The summed E-state index contributed by atoms with van der Waals surface area (Å²) in [5.74, 6) is 1.01. The van der Waals surface area contributed by atoms with E-state index in [1.807, 2.05) is 18.2 Å². The predicted octanol–water partition coefficient (Wildman–Crippen LogP) is 3.05. The lowest BCUT2D eigenvalue weighted by Gasteiger charge is -2.25. The van der Waals surface area contributed by atoms with Gasteiger partial charge in [0.2, 0.25) is 0 Å². The number of fused-ring (bicyclic) bond motifs is 1. The van der Waals surface area contributed by atoms with E-state index in [1.54, 1.807) is 7.11 Å². The molecular formula is C17H26N2O2. The third-order valence-electron chi connectivity index (χ3n) is 3.74. The largest absolute Gasteiger partial charge is 0.459 e. The molecule has 0 amide bonds. The van der Waals surface area contributed by atoms with Crippen molar-refractivity contribution in [2.24, 2.45) is 0 Å². The molecule has 0 bridgehead atoms. The first kappa shape index (κ1) is 16.0. The van der Waals surface area contributed by atoms with Gasteiger partial charge in [-0.15, -0.1) is 0 Å². The first-order valence-corrected chi connectivity index (χ1v) is 7.71. The van der Waals surface area contributed by atoms with Gasteiger partial charge in [-0.2, -0.15) is 0 Å². The molecule has 4 heteroatoms. The molecule has 21 heavy (non-hydrogen) atoms. The molecule has 0 saturated heterocycles. The standard InChI is InChI=1S/C17H26N2O2/c1-4-18-15(13-19(5-2)10-11-20-3)17-12-14-8-6-7-9-16(14)21-17/h6-9,12,15,18H,4-5,10-11,13H2,1-3H3. The minimum Gasteiger partial charge on any atom is -0.459 e. The van der Waals surface area contributed by atoms with E-state index in [2.05, 4.69) is 36.2 Å². The van der Waals surface area contributed by atoms with Crippen molar-refractivity contribution in [3.8, 4) is 0 Å². The number of hydrogen-bond acceptors (Lipinski definition) is 4. The number of likely N-dealkylation sites (N-methyl/N-ethyl adjacent to an activating group) is 2. The van der Waals surface area contributed by atoms with Crippen LogP contribution in [0.2, 0.25) is 0 Å². The van der Waals surface area contributed by atoms with Crippen molar-refractivity contribution in [2.75, 3.05) is 39.9 Å². The van der Waals surface area contributed by atoms with Crippen molar-refractivity contribution in [3.63, 3.8) is 0 Å². The third kappa shape index (κ3) is 4.30. The molecule has 1 N–H and O–H groups in total. The van der Waals surface area contributed by atoms with Crippen LogP contribution in [0.4, 0.5) is 0 Å². The van der Waals surface area contributed by atoms with Gasteiger partial charge in [-0.3, -0.25) is 4.90 Å². The summed E-state index contributed by atoms with van der Waals surface area (Å²) < 4.78 is 11.2. The van der Waals surface area contributed by atoms with Crippen LogP contribution < -0.4 is 5.32 Å². The molecular weight excluding hydrogens is 264 g/mol. The number of rotatable bonds is 9. The highest BCUT2D eigenvalue weighted by molar-refractivity contribution is 5.77. The molecule has 2 rings (SSSR count). The number of para-hydroxylation sites is 1. The fourth-order valence-corrected chi connectivity index (χ4v) is 2.53. The van der Waals surface area contributed by atoms with Gasteiger partial charge in [0.1, 0.15) is 11.3 Å². The zero-order chi connectivity index (χ0) is 15.1. The summed E-state index contributed by atoms with van der Waals surface area (Å²) in [4.78, 5) is 2.38. The first-order valence-electron chi connectivity index (χ1n) is 7.71. The Kier molecular flexibility index (Phi) is 6.23. The van der Waals surface area contributed by atoms with Crippen LogP contribution >= 0.6 is 0 Å². The first-order chi connectivity index (χ1) is 10.3. The molecule has 1 aromatic carbocycles. The fraction of sp³-hybridized carbons (Fsp3) is 0.529. The number of nitrogens with one attached hydrogen (secondary N) is 1. The van der Waals surface area contributed by atoms with Crippen molar-refractivity contribution in [1.29, 1.82) is 0 Å². The van der Waals surface area contributed by atoms with Gasteiger partial charge in [0, 0.05) is 25.6 Å². The minimum atomic E-state index is 0.208. The van der Waals surface area contributed by atoms with Crippen LogP contribution in [0.25, 0.3) is 11.0 Å². The Balaban J connectivity index is 2.13. The van der Waals surface area contributed by atoms with Crippen molar-refractivity contribution in [2.45, 2.75) is 19.9 Å². The molecule has 116 valence electrons. The van der Waals surface area contributed by atoms with Gasteiger partial charge < -0.3 is 14.5 Å². The highest BCUT2D eigenvalue weighted by Gasteiger charge is 2.18. The number of hydrogen-bond donors (Lipinski definition) is 1. The number of methoxy groups -OCH3 is 1. The van der Waals surface area contributed by atoms with Crippen molar-refractivity contribution >= 4 is 11.0 Å². The van der Waals surface area contributed by atoms with Crippen LogP contribution in [-0.2, 0) is 4.74 Å². The Morgan fingerprint density at radius 3 is 2.76 bits per heavy atom. The van der Waals surface area contributed by atoms with Crippen molar-refractivity contribution in [1.82, 2.24) is 10.2 Å². The molecule has 0 aliphatic heterocycles. The number of furan rings is 1. The highest BCUT2D eigenvalue weighted by Crippen LogP contribution is 2.24. The van der Waals surface area contributed by atoms with E-state index in [-0.39, 0.29) is 6.04 Å². The number of ether oxygens (including phenoxy) is 1. The molecule has 2 aromatic rings. The second-order valence-corrected chi connectivity index (χ2v) is 5.18. The lowest BCUT2D eigenvalue weighted by atomic mass is 10.2. The molecule has 1 atom stereocenters. The molecule has 0 aliphatic rings. The third-order valence-corrected chi connectivity index (χ3v) is 3.74. The summed E-state index contributed by atoms with van der Waals surface area (Å²) in [6, 6.07) is 10.5. The van der Waals surface area contributed by atoms with Gasteiger partial charge in [-0.05, 0) is 25.2 Å². The van der Waals surface area contributed by atoms with E-state index in [1.165, 1.54) is 0 Å². The maximum atomic E-state index is 6.01. The normalized spacial score (nSPS) is 13.1. The van der Waals surface area contributed by atoms with Crippen LogP contribution in [0.15, 0.2) is 34.7 Å². The Labute approximate surface area is 127 Å². The quantitative estimate of drug-likeness (QED) is 0.770. The zero-order valence-corrected chi connectivity index (χ0v) is 13.3. The van der Waals surface area contributed by atoms with E-state index < -0.39 is 0 Å². The summed E-state index contributed by atoms with van der Waals surface area (Å²) in [5, 5.41) is 4.69. The molecule has 0 radical (unpaired) electrons. The second kappa shape index (κ2) is 8.17. The van der Waals surface area contributed by atoms with E-state index >= 15 is 0 Å². The topological polar surface area (TPSA) is 37.6 Å². The van der Waals surface area contributed by atoms with Gasteiger partial charge in [-0.1, -0.05) is 32.0 Å². The van der Waals surface area contributed by atoms with Crippen LogP contribution in [0.5, 0.6) is 0 Å². The van der Waals surface area contributed by atoms with Gasteiger partial charge in [0.15, 0.2) is 0 Å². The van der Waals surface area contributed by atoms with E-state index in [0.717, 1.165) is 49.5 Å². The van der Waals surface area contributed by atoms with Crippen LogP contribution in [0.3, 0.4) is 0 Å². The molecule has 0 spiro atoms. The maximum absolute atomic E-state index is 6.01. The van der Waals surface area contributed by atoms with Gasteiger partial charge in [0.25, 0.3) is 0 Å². The van der Waals surface area contributed by atoms with Crippen LogP contribution in [0, 0.1) is 0 Å². The maximum Gasteiger partial charge on any atom is 0.134 e. The summed E-state index contributed by atoms with van der Waals surface area (Å²) in [7, 11) is 1.74. The molecule has 0 aliphatic carbocycles. The van der Waals surface area contributed by atoms with Gasteiger partial charge in [-0.25, -0.2) is 0 Å². The van der Waals surface area contributed by atoms with E-state index in [0.29, 0.717) is 0 Å². The summed E-state index contributed by atoms with van der Waals surface area (Å²) in [6.07, 6.45) is 0. The average Bonchev–Trinajstić information content (AvgIpc) is 2.94. The van der Waals surface area contributed by atoms with Crippen LogP contribution in [-0.4, -0.2) is 44.8 Å². The monoisotopic (exact) mass is 290 g/mol. The Morgan fingerprint density at radius 2 is 2.10 bits per heavy atom. The molecule has 0 fully saturated rings. The Bertz CT molecular complexity index is 505.